The van der Waals surface area contributed by atoms with E-state index in [1.165, 1.54) is 6.33 Å². The summed E-state index contributed by atoms with van der Waals surface area (Å²) in [5.41, 5.74) is 4.63. The van der Waals surface area contributed by atoms with Gasteiger partial charge in [0.1, 0.15) is 23.8 Å². The number of hydrogen-bond donors (Lipinski definition) is 5. The minimum absolute atomic E-state index is 0.0858. The lowest BCUT2D eigenvalue weighted by Gasteiger charge is -2.32. The topological polar surface area (TPSA) is 138 Å². The first-order chi connectivity index (χ1) is 10.4. The van der Waals surface area contributed by atoms with E-state index in [1.807, 2.05) is 13.8 Å². The van der Waals surface area contributed by atoms with Gasteiger partial charge < -0.3 is 31.1 Å². The van der Waals surface area contributed by atoms with Crippen LogP contribution in [0, 0.1) is 5.92 Å². The summed E-state index contributed by atoms with van der Waals surface area (Å²) in [6.45, 7) is 3.38. The number of aliphatic hydroxyl groups excluding tert-OH is 2. The van der Waals surface area contributed by atoms with Gasteiger partial charge in [-0.2, -0.15) is 0 Å². The van der Waals surface area contributed by atoms with E-state index < -0.39 is 24.2 Å². The third-order valence-corrected chi connectivity index (χ3v) is 4.18. The zero-order valence-corrected chi connectivity index (χ0v) is 12.5. The molecule has 1 unspecified atom stereocenters. The van der Waals surface area contributed by atoms with E-state index in [1.54, 1.807) is 4.57 Å². The third-order valence-electron chi connectivity index (χ3n) is 4.18. The predicted molar refractivity (Wildman–Crippen MR) is 77.8 cm³/mol. The monoisotopic (exact) mass is 311 g/mol. The molecule has 0 radical (unpaired) electrons. The molecule has 4 atom stereocenters. The van der Waals surface area contributed by atoms with Gasteiger partial charge in [0.05, 0.1) is 19.0 Å². The van der Waals surface area contributed by atoms with Crippen LogP contribution in [0.2, 0.25) is 0 Å². The van der Waals surface area contributed by atoms with Gasteiger partial charge in [0.25, 0.3) is 0 Å². The van der Waals surface area contributed by atoms with E-state index in [0.717, 1.165) is 0 Å². The Bertz CT molecular complexity index is 601. The molecule has 9 nitrogen and oxygen atoms in total. The number of nitrogens with two attached hydrogens (primary N) is 1. The summed E-state index contributed by atoms with van der Waals surface area (Å²) in [5, 5.41) is 32.7. The van der Waals surface area contributed by atoms with Crippen LogP contribution in [0.5, 0.6) is 0 Å². The third kappa shape index (κ3) is 2.17. The van der Waals surface area contributed by atoms with E-state index in [9.17, 15) is 15.3 Å². The molecule has 3 rings (SSSR count). The normalized spacial score (nSPS) is 34.5. The predicted octanol–water partition coefficient (Wildman–Crippen LogP) is -0.935. The SMILES string of the molecule is CC(C)C1(O)N=C(N)Nc2c1ncn2[C@H]1C[C@H](O)[C@@H](CO)O1. The first-order valence-electron chi connectivity index (χ1n) is 7.23. The summed E-state index contributed by atoms with van der Waals surface area (Å²) in [4.78, 5) is 8.32. The first-order valence-corrected chi connectivity index (χ1v) is 7.23. The maximum absolute atomic E-state index is 10.8. The molecule has 22 heavy (non-hydrogen) atoms. The Morgan fingerprint density at radius 3 is 2.91 bits per heavy atom. The average Bonchev–Trinajstić information content (AvgIpc) is 3.01. The van der Waals surface area contributed by atoms with Gasteiger partial charge in [-0.15, -0.1) is 0 Å². The van der Waals surface area contributed by atoms with Crippen molar-refractivity contribution < 1.29 is 20.1 Å². The zero-order chi connectivity index (χ0) is 16.1. The van der Waals surface area contributed by atoms with Crippen molar-refractivity contribution in [2.75, 3.05) is 11.9 Å². The molecule has 2 aliphatic heterocycles. The van der Waals surface area contributed by atoms with Crippen LogP contribution in [0.25, 0.3) is 0 Å². The number of fused-ring (bicyclic) bond motifs is 1. The van der Waals surface area contributed by atoms with Crippen molar-refractivity contribution in [3.63, 3.8) is 0 Å². The molecule has 1 saturated heterocycles. The Labute approximate surface area is 127 Å². The smallest absolute Gasteiger partial charge is 0.209 e. The van der Waals surface area contributed by atoms with Gasteiger partial charge >= 0.3 is 0 Å². The number of hydrogen-bond acceptors (Lipinski definition) is 8. The largest absolute Gasteiger partial charge is 0.394 e. The summed E-state index contributed by atoms with van der Waals surface area (Å²) < 4.78 is 7.27. The lowest BCUT2D eigenvalue weighted by atomic mass is 9.95. The Morgan fingerprint density at radius 1 is 1.59 bits per heavy atom. The van der Waals surface area contributed by atoms with Gasteiger partial charge in [-0.3, -0.25) is 4.57 Å². The standard InChI is InChI=1S/C13H21N5O4/c1-6(2)13(21)10-11(16-12(14)17-13)18(5-15-10)9-3-7(20)8(4-19)22-9/h5-9,19-21H,3-4H2,1-2H3,(H3,14,16,17)/t7-,8+,9+,13?/m0/s1. The number of nitrogens with zero attached hydrogens (tertiary/aromatic N) is 3. The van der Waals surface area contributed by atoms with Crippen LogP contribution >= 0.6 is 0 Å². The highest BCUT2D eigenvalue weighted by Crippen LogP contribution is 2.40. The van der Waals surface area contributed by atoms with Gasteiger partial charge in [0.15, 0.2) is 5.96 Å². The lowest BCUT2D eigenvalue weighted by Crippen LogP contribution is -2.41. The van der Waals surface area contributed by atoms with Crippen molar-refractivity contribution >= 4 is 11.8 Å². The second-order valence-electron chi connectivity index (χ2n) is 5.97. The molecule has 3 heterocycles. The van der Waals surface area contributed by atoms with Crippen LogP contribution in [-0.4, -0.2) is 49.6 Å². The summed E-state index contributed by atoms with van der Waals surface area (Å²) in [5.74, 6) is 0.345. The molecule has 0 amide bonds. The molecule has 2 aliphatic rings. The quantitative estimate of drug-likeness (QED) is 0.486. The number of aliphatic imine (C=N–C) groups is 1. The summed E-state index contributed by atoms with van der Waals surface area (Å²) in [7, 11) is 0. The van der Waals surface area contributed by atoms with Gasteiger partial charge in [-0.25, -0.2) is 9.98 Å². The highest BCUT2D eigenvalue weighted by atomic mass is 16.5. The van der Waals surface area contributed by atoms with E-state index in [0.29, 0.717) is 17.9 Å². The number of nitrogens with one attached hydrogen (secondary N) is 1. The number of guanidine groups is 1. The first kappa shape index (κ1) is 15.2. The molecule has 9 heteroatoms. The van der Waals surface area contributed by atoms with Crippen LogP contribution in [0.3, 0.4) is 0 Å². The Morgan fingerprint density at radius 2 is 2.32 bits per heavy atom. The Kier molecular flexibility index (Phi) is 3.60. The summed E-state index contributed by atoms with van der Waals surface area (Å²) >= 11 is 0. The number of aromatic nitrogens is 2. The minimum Gasteiger partial charge on any atom is -0.394 e. The number of ether oxygens (including phenoxy) is 1. The van der Waals surface area contributed by atoms with Gasteiger partial charge in [0, 0.05) is 12.3 Å². The van der Waals surface area contributed by atoms with Gasteiger partial charge in [-0.1, -0.05) is 13.8 Å². The summed E-state index contributed by atoms with van der Waals surface area (Å²) in [6, 6.07) is 0. The van der Waals surface area contributed by atoms with Crippen molar-refractivity contribution in [2.45, 2.75) is 44.4 Å². The molecule has 1 fully saturated rings. The minimum atomic E-state index is -1.51. The van der Waals surface area contributed by atoms with E-state index in [-0.39, 0.29) is 18.5 Å². The van der Waals surface area contributed by atoms with E-state index >= 15 is 0 Å². The van der Waals surface area contributed by atoms with E-state index in [4.69, 9.17) is 10.5 Å². The van der Waals surface area contributed by atoms with Crippen LogP contribution in [0.4, 0.5) is 5.82 Å². The van der Waals surface area contributed by atoms with Crippen molar-refractivity contribution in [2.24, 2.45) is 16.6 Å². The number of imidazole rings is 1. The maximum atomic E-state index is 10.8. The van der Waals surface area contributed by atoms with Gasteiger partial charge in [0.2, 0.25) is 5.72 Å². The second kappa shape index (κ2) is 5.20. The molecule has 1 aromatic rings. The molecule has 0 bridgehead atoms. The maximum Gasteiger partial charge on any atom is 0.209 e. The fourth-order valence-electron chi connectivity index (χ4n) is 2.81. The summed E-state index contributed by atoms with van der Waals surface area (Å²) in [6.07, 6.45) is -0.0742. The van der Waals surface area contributed by atoms with Crippen LogP contribution in [0.1, 0.15) is 32.2 Å². The van der Waals surface area contributed by atoms with Crippen LogP contribution < -0.4 is 11.1 Å². The number of anilines is 1. The average molecular weight is 311 g/mol. The number of aliphatic hydroxyl groups is 3. The molecular weight excluding hydrogens is 290 g/mol. The molecule has 1 aromatic heterocycles. The molecule has 0 aliphatic carbocycles. The van der Waals surface area contributed by atoms with Crippen LogP contribution in [-0.2, 0) is 10.5 Å². The fraction of sp³-hybridized carbons (Fsp3) is 0.692. The highest BCUT2D eigenvalue weighted by Gasteiger charge is 2.43. The second-order valence-corrected chi connectivity index (χ2v) is 5.97. The van der Waals surface area contributed by atoms with Crippen LogP contribution in [0.15, 0.2) is 11.3 Å². The highest BCUT2D eigenvalue weighted by molar-refractivity contribution is 5.94. The lowest BCUT2D eigenvalue weighted by molar-refractivity contribution is -0.0440. The Balaban J connectivity index is 1.98. The van der Waals surface area contributed by atoms with E-state index in [2.05, 4.69) is 15.3 Å². The fourth-order valence-corrected chi connectivity index (χ4v) is 2.81. The molecule has 0 aromatic carbocycles. The van der Waals surface area contributed by atoms with Crippen molar-refractivity contribution in [3.8, 4) is 0 Å². The van der Waals surface area contributed by atoms with Gasteiger partial charge in [-0.05, 0) is 0 Å². The molecule has 122 valence electrons. The molecule has 0 saturated carbocycles. The molecule has 6 N–H and O–H groups in total. The van der Waals surface area contributed by atoms with Crippen molar-refractivity contribution in [3.05, 3.63) is 12.0 Å². The molecular formula is C13H21N5O4. The van der Waals surface area contributed by atoms with Crippen molar-refractivity contribution in [1.82, 2.24) is 9.55 Å². The number of rotatable bonds is 3. The molecule has 0 spiro atoms. The zero-order valence-electron chi connectivity index (χ0n) is 12.5. The van der Waals surface area contributed by atoms with Crippen molar-refractivity contribution in [1.29, 1.82) is 0 Å². The Hall–Kier alpha value is -1.68.